The normalized spacial score (nSPS) is 12.3. The van der Waals surface area contributed by atoms with Crippen molar-refractivity contribution in [2.24, 2.45) is 0 Å². The average Bonchev–Trinajstić information content (AvgIpc) is 2.76. The Morgan fingerprint density at radius 2 is 1.87 bits per heavy atom. The SMILES string of the molecule is CCOc1ccc(-c2cc(=O)n(CC(=O)Nc3ccc4c(c3)OCCO4)cn2)cc1. The topological polar surface area (TPSA) is 91.7 Å². The van der Waals surface area contributed by atoms with Crippen molar-refractivity contribution >= 4 is 11.6 Å². The predicted octanol–water partition coefficient (Wildman–Crippen LogP) is 2.72. The van der Waals surface area contributed by atoms with Crippen molar-refractivity contribution in [2.45, 2.75) is 13.5 Å². The fourth-order valence-electron chi connectivity index (χ4n) is 3.07. The summed E-state index contributed by atoms with van der Waals surface area (Å²) in [5.74, 6) is 1.64. The van der Waals surface area contributed by atoms with Crippen LogP contribution in [0, 0.1) is 0 Å². The summed E-state index contributed by atoms with van der Waals surface area (Å²) in [4.78, 5) is 29.1. The number of ether oxygens (including phenoxy) is 3. The molecule has 3 aromatic rings. The monoisotopic (exact) mass is 407 g/mol. The van der Waals surface area contributed by atoms with Gasteiger partial charge in [0.2, 0.25) is 5.91 Å². The lowest BCUT2D eigenvalue weighted by molar-refractivity contribution is -0.116. The molecule has 1 aliphatic heterocycles. The van der Waals surface area contributed by atoms with E-state index in [9.17, 15) is 9.59 Å². The van der Waals surface area contributed by atoms with Crippen LogP contribution in [0.3, 0.4) is 0 Å². The Bertz CT molecular complexity index is 1110. The number of nitrogens with one attached hydrogen (secondary N) is 1. The highest BCUT2D eigenvalue weighted by atomic mass is 16.6. The summed E-state index contributed by atoms with van der Waals surface area (Å²) in [6, 6.07) is 13.9. The first kappa shape index (κ1) is 19.5. The zero-order valence-electron chi connectivity index (χ0n) is 16.5. The lowest BCUT2D eigenvalue weighted by Crippen LogP contribution is -2.27. The molecule has 0 bridgehead atoms. The Morgan fingerprint density at radius 1 is 1.10 bits per heavy atom. The zero-order chi connectivity index (χ0) is 20.9. The number of benzene rings is 2. The molecule has 30 heavy (non-hydrogen) atoms. The second-order valence-electron chi connectivity index (χ2n) is 6.60. The van der Waals surface area contributed by atoms with E-state index in [0.717, 1.165) is 11.3 Å². The zero-order valence-corrected chi connectivity index (χ0v) is 16.5. The highest BCUT2D eigenvalue weighted by molar-refractivity contribution is 5.91. The summed E-state index contributed by atoms with van der Waals surface area (Å²) >= 11 is 0. The van der Waals surface area contributed by atoms with Gasteiger partial charge in [-0.15, -0.1) is 0 Å². The van der Waals surface area contributed by atoms with Crippen LogP contribution in [0.25, 0.3) is 11.3 Å². The molecule has 154 valence electrons. The highest BCUT2D eigenvalue weighted by Crippen LogP contribution is 2.32. The Labute approximate surface area is 173 Å². The van der Waals surface area contributed by atoms with E-state index in [1.165, 1.54) is 17.0 Å². The van der Waals surface area contributed by atoms with Crippen LogP contribution in [0.1, 0.15) is 6.92 Å². The maximum absolute atomic E-state index is 12.4. The number of rotatable bonds is 6. The molecule has 1 aliphatic rings. The van der Waals surface area contributed by atoms with Gasteiger partial charge in [-0.2, -0.15) is 0 Å². The van der Waals surface area contributed by atoms with Crippen LogP contribution < -0.4 is 25.1 Å². The van der Waals surface area contributed by atoms with Gasteiger partial charge in [0, 0.05) is 23.4 Å². The molecule has 2 aromatic carbocycles. The summed E-state index contributed by atoms with van der Waals surface area (Å²) in [5.41, 5.74) is 1.58. The highest BCUT2D eigenvalue weighted by Gasteiger charge is 2.13. The van der Waals surface area contributed by atoms with Crippen molar-refractivity contribution in [1.82, 2.24) is 9.55 Å². The quantitative estimate of drug-likeness (QED) is 0.676. The molecule has 8 nitrogen and oxygen atoms in total. The molecule has 0 saturated carbocycles. The Hall–Kier alpha value is -3.81. The summed E-state index contributed by atoms with van der Waals surface area (Å²) in [5, 5.41) is 2.76. The number of aromatic nitrogens is 2. The van der Waals surface area contributed by atoms with E-state index in [1.54, 1.807) is 18.2 Å². The minimum Gasteiger partial charge on any atom is -0.494 e. The average molecular weight is 407 g/mol. The smallest absolute Gasteiger partial charge is 0.254 e. The third kappa shape index (κ3) is 4.43. The number of anilines is 1. The molecule has 0 aliphatic carbocycles. The van der Waals surface area contributed by atoms with E-state index in [2.05, 4.69) is 10.3 Å². The van der Waals surface area contributed by atoms with Crippen molar-refractivity contribution in [3.05, 3.63) is 65.2 Å². The molecular formula is C22H21N3O5. The van der Waals surface area contributed by atoms with Crippen molar-refractivity contribution in [3.63, 3.8) is 0 Å². The Balaban J connectivity index is 1.43. The molecule has 4 rings (SSSR count). The second kappa shape index (κ2) is 8.69. The van der Waals surface area contributed by atoms with Gasteiger partial charge in [-0.3, -0.25) is 14.2 Å². The van der Waals surface area contributed by atoms with Gasteiger partial charge >= 0.3 is 0 Å². The van der Waals surface area contributed by atoms with Crippen molar-refractivity contribution in [2.75, 3.05) is 25.1 Å². The van der Waals surface area contributed by atoms with Gasteiger partial charge in [0.25, 0.3) is 5.56 Å². The summed E-state index contributed by atoms with van der Waals surface area (Å²) < 4.78 is 17.6. The van der Waals surface area contributed by atoms with Crippen LogP contribution in [0.4, 0.5) is 5.69 Å². The molecule has 8 heteroatoms. The van der Waals surface area contributed by atoms with Crippen molar-refractivity contribution in [1.29, 1.82) is 0 Å². The fourth-order valence-corrected chi connectivity index (χ4v) is 3.07. The molecule has 0 atom stereocenters. The Kier molecular flexibility index (Phi) is 5.65. The lowest BCUT2D eigenvalue weighted by atomic mass is 10.1. The number of hydrogen-bond donors (Lipinski definition) is 1. The third-order valence-corrected chi connectivity index (χ3v) is 4.48. The number of nitrogens with zero attached hydrogens (tertiary/aromatic N) is 2. The van der Waals surface area contributed by atoms with Gasteiger partial charge in [0.1, 0.15) is 25.5 Å². The van der Waals surface area contributed by atoms with Gasteiger partial charge in [0.05, 0.1) is 18.6 Å². The number of hydrogen-bond acceptors (Lipinski definition) is 6. The number of fused-ring (bicyclic) bond motifs is 1. The first-order chi connectivity index (χ1) is 14.6. The van der Waals surface area contributed by atoms with Crippen LogP contribution in [0.2, 0.25) is 0 Å². The molecule has 0 spiro atoms. The van der Waals surface area contributed by atoms with E-state index in [-0.39, 0.29) is 18.0 Å². The first-order valence-corrected chi connectivity index (χ1v) is 9.61. The summed E-state index contributed by atoms with van der Waals surface area (Å²) in [6.07, 6.45) is 1.37. The predicted molar refractivity (Wildman–Crippen MR) is 111 cm³/mol. The molecule has 2 heterocycles. The maximum Gasteiger partial charge on any atom is 0.254 e. The molecule has 0 radical (unpaired) electrons. The van der Waals surface area contributed by atoms with E-state index in [4.69, 9.17) is 14.2 Å². The van der Waals surface area contributed by atoms with Crippen molar-refractivity contribution < 1.29 is 19.0 Å². The number of carbonyl (C=O) groups excluding carboxylic acids is 1. The second-order valence-corrected chi connectivity index (χ2v) is 6.60. The molecule has 0 unspecified atom stereocenters. The van der Waals surface area contributed by atoms with Gasteiger partial charge < -0.3 is 19.5 Å². The summed E-state index contributed by atoms with van der Waals surface area (Å²) in [6.45, 7) is 3.32. The van der Waals surface area contributed by atoms with Crippen LogP contribution in [0.15, 0.2) is 59.7 Å². The molecule has 0 saturated heterocycles. The van der Waals surface area contributed by atoms with Crippen LogP contribution in [-0.2, 0) is 11.3 Å². The van der Waals surface area contributed by atoms with Gasteiger partial charge in [0.15, 0.2) is 11.5 Å². The van der Waals surface area contributed by atoms with Gasteiger partial charge in [-0.1, -0.05) is 0 Å². The van der Waals surface area contributed by atoms with Crippen LogP contribution >= 0.6 is 0 Å². The number of amides is 1. The van der Waals surface area contributed by atoms with Crippen LogP contribution in [-0.4, -0.2) is 35.3 Å². The maximum atomic E-state index is 12.4. The lowest BCUT2D eigenvalue weighted by Gasteiger charge is -2.19. The van der Waals surface area contributed by atoms with E-state index >= 15 is 0 Å². The van der Waals surface area contributed by atoms with Crippen LogP contribution in [0.5, 0.6) is 17.2 Å². The summed E-state index contributed by atoms with van der Waals surface area (Å²) in [7, 11) is 0. The van der Waals surface area contributed by atoms with Crippen molar-refractivity contribution in [3.8, 4) is 28.5 Å². The van der Waals surface area contributed by atoms with Gasteiger partial charge in [-0.25, -0.2) is 4.98 Å². The Morgan fingerprint density at radius 3 is 2.60 bits per heavy atom. The largest absolute Gasteiger partial charge is 0.494 e. The minimum absolute atomic E-state index is 0.149. The van der Waals surface area contributed by atoms with E-state index in [0.29, 0.717) is 42.7 Å². The number of carbonyl (C=O) groups is 1. The fraction of sp³-hybridized carbons (Fsp3) is 0.227. The molecule has 1 aromatic heterocycles. The first-order valence-electron chi connectivity index (χ1n) is 9.61. The van der Waals surface area contributed by atoms with E-state index in [1.807, 2.05) is 31.2 Å². The molecule has 0 fully saturated rings. The standard InChI is InChI=1S/C22H21N3O5/c1-2-28-17-6-3-15(4-7-17)18-12-22(27)25(14-23-18)13-21(26)24-16-5-8-19-20(11-16)30-10-9-29-19/h3-8,11-12,14H,2,9-10,13H2,1H3,(H,24,26). The molecule has 1 amide bonds. The van der Waals surface area contributed by atoms with Gasteiger partial charge in [-0.05, 0) is 43.3 Å². The van der Waals surface area contributed by atoms with E-state index < -0.39 is 0 Å². The molecule has 1 N–H and O–H groups in total. The molecular weight excluding hydrogens is 386 g/mol. The third-order valence-electron chi connectivity index (χ3n) is 4.48. The minimum atomic E-state index is -0.343.